The van der Waals surface area contributed by atoms with Crippen LogP contribution in [-0.4, -0.2) is 65.2 Å². The zero-order chi connectivity index (χ0) is 27.3. The molecule has 0 unspecified atom stereocenters. The van der Waals surface area contributed by atoms with Crippen LogP contribution < -0.4 is 9.80 Å². The van der Waals surface area contributed by atoms with Gasteiger partial charge in [0, 0.05) is 37.6 Å². The molecule has 4 aromatic rings. The minimum atomic E-state index is -1.06. The molecule has 2 saturated heterocycles. The molecule has 39 heavy (non-hydrogen) atoms. The number of carboxylic acids is 1. The fraction of sp³-hybridized carbons (Fsp3) is 0.387. The summed E-state index contributed by atoms with van der Waals surface area (Å²) in [4.78, 5) is 21.5. The van der Waals surface area contributed by atoms with Crippen molar-refractivity contribution in [1.29, 1.82) is 0 Å². The monoisotopic (exact) mass is 525 g/mol. The molecular weight excluding hydrogens is 490 g/mol. The van der Waals surface area contributed by atoms with Crippen molar-refractivity contribution in [3.8, 4) is 16.8 Å². The number of carbonyl (C=O) groups is 1. The lowest BCUT2D eigenvalue weighted by Crippen LogP contribution is -2.53. The van der Waals surface area contributed by atoms with Gasteiger partial charge in [-0.15, -0.1) is 0 Å². The third-order valence-corrected chi connectivity index (χ3v) is 7.66. The highest BCUT2D eigenvalue weighted by molar-refractivity contribution is 6.00. The van der Waals surface area contributed by atoms with Crippen LogP contribution in [0.15, 0.2) is 54.6 Å². The van der Waals surface area contributed by atoms with Crippen molar-refractivity contribution < 1.29 is 14.6 Å². The molecule has 2 aromatic heterocycles. The van der Waals surface area contributed by atoms with E-state index in [0.717, 1.165) is 78.7 Å². The minimum absolute atomic E-state index is 0.00635. The summed E-state index contributed by atoms with van der Waals surface area (Å²) in [5.74, 6) is -0.935. The second-order valence-corrected chi connectivity index (χ2v) is 11.7. The quantitative estimate of drug-likeness (QED) is 0.351. The molecule has 0 saturated carbocycles. The van der Waals surface area contributed by atoms with E-state index in [-0.39, 0.29) is 11.6 Å². The van der Waals surface area contributed by atoms with E-state index in [1.165, 1.54) is 0 Å². The summed E-state index contributed by atoms with van der Waals surface area (Å²) in [6, 6.07) is 18.3. The first kappa shape index (κ1) is 25.4. The molecule has 2 aliphatic rings. The van der Waals surface area contributed by atoms with E-state index in [2.05, 4.69) is 78.9 Å². The number of aromatic carboxylic acids is 1. The summed E-state index contributed by atoms with van der Waals surface area (Å²) in [5, 5.41) is 15.9. The molecule has 2 fully saturated rings. The van der Waals surface area contributed by atoms with Gasteiger partial charge < -0.3 is 19.6 Å². The maximum Gasteiger partial charge on any atom is 0.354 e. The lowest BCUT2D eigenvalue weighted by molar-refractivity contribution is 0.0691. The van der Waals surface area contributed by atoms with Crippen LogP contribution in [0.25, 0.3) is 27.8 Å². The Morgan fingerprint density at radius 1 is 0.949 bits per heavy atom. The number of benzene rings is 2. The minimum Gasteiger partial charge on any atom is -0.477 e. The first-order valence-electron chi connectivity index (χ1n) is 13.7. The van der Waals surface area contributed by atoms with Crippen LogP contribution in [0.4, 0.5) is 11.4 Å². The number of anilines is 2. The second kappa shape index (κ2) is 9.68. The van der Waals surface area contributed by atoms with Crippen molar-refractivity contribution in [3.63, 3.8) is 0 Å². The maximum absolute atomic E-state index is 12.2. The number of ether oxygens (including phenoxy) is 1. The normalized spacial score (nSPS) is 17.1. The number of aromatic nitrogens is 3. The van der Waals surface area contributed by atoms with Crippen LogP contribution in [-0.2, 0) is 4.74 Å². The fourth-order valence-electron chi connectivity index (χ4n) is 5.73. The van der Waals surface area contributed by atoms with Crippen LogP contribution in [0.1, 0.15) is 49.8 Å². The third-order valence-electron chi connectivity index (χ3n) is 7.66. The van der Waals surface area contributed by atoms with E-state index in [9.17, 15) is 9.90 Å². The van der Waals surface area contributed by atoms with Gasteiger partial charge in [-0.1, -0.05) is 45.9 Å². The Hall–Kier alpha value is -3.91. The van der Waals surface area contributed by atoms with Crippen LogP contribution in [0, 0.1) is 5.41 Å². The lowest BCUT2D eigenvalue weighted by Gasteiger charge is -2.47. The second-order valence-electron chi connectivity index (χ2n) is 11.7. The summed E-state index contributed by atoms with van der Waals surface area (Å²) in [6.45, 7) is 13.9. The van der Waals surface area contributed by atoms with Gasteiger partial charge in [0.1, 0.15) is 0 Å². The predicted octanol–water partition coefficient (Wildman–Crippen LogP) is 5.59. The van der Waals surface area contributed by atoms with Crippen molar-refractivity contribution in [2.75, 3.05) is 49.2 Å². The first-order chi connectivity index (χ1) is 18.7. The van der Waals surface area contributed by atoms with Gasteiger partial charge in [0.05, 0.1) is 30.0 Å². The molecule has 0 atom stereocenters. The lowest BCUT2D eigenvalue weighted by atomic mass is 9.84. The highest BCUT2D eigenvalue weighted by Crippen LogP contribution is 2.38. The maximum atomic E-state index is 12.2. The average Bonchev–Trinajstić information content (AvgIpc) is 3.32. The van der Waals surface area contributed by atoms with Gasteiger partial charge in [-0.2, -0.15) is 5.10 Å². The van der Waals surface area contributed by atoms with Crippen LogP contribution in [0.5, 0.6) is 0 Å². The van der Waals surface area contributed by atoms with Crippen molar-refractivity contribution in [1.82, 2.24) is 14.8 Å². The third kappa shape index (κ3) is 4.74. The Morgan fingerprint density at radius 3 is 2.28 bits per heavy atom. The molecule has 6 rings (SSSR count). The molecule has 0 aliphatic carbocycles. The van der Waals surface area contributed by atoms with Gasteiger partial charge in [-0.25, -0.2) is 14.5 Å². The standard InChI is InChI=1S/C31H35N5O3/c1-20(2)28-27-25(21-8-10-22(11-9-21)34-12-14-39-15-13-34)17-26(30(37)38)32-29(27)36(33-28)24-7-5-6-23(16-24)35-18-31(3,4)19-35/h5-11,16-17,20H,12-15,18-19H2,1-4H3,(H,37,38). The summed E-state index contributed by atoms with van der Waals surface area (Å²) < 4.78 is 7.31. The van der Waals surface area contributed by atoms with E-state index < -0.39 is 5.97 Å². The van der Waals surface area contributed by atoms with Crippen LogP contribution in [0.3, 0.4) is 0 Å². The fourth-order valence-corrected chi connectivity index (χ4v) is 5.73. The molecule has 8 nitrogen and oxygen atoms in total. The zero-order valence-electron chi connectivity index (χ0n) is 23.0. The number of carboxylic acid groups (broad SMARTS) is 1. The van der Waals surface area contributed by atoms with E-state index in [0.29, 0.717) is 11.1 Å². The van der Waals surface area contributed by atoms with Gasteiger partial charge in [-0.3, -0.25) is 0 Å². The topological polar surface area (TPSA) is 83.7 Å². The molecule has 0 amide bonds. The summed E-state index contributed by atoms with van der Waals surface area (Å²) in [6.07, 6.45) is 0. The summed E-state index contributed by atoms with van der Waals surface area (Å²) >= 11 is 0. The van der Waals surface area contributed by atoms with E-state index in [1.807, 2.05) is 16.8 Å². The van der Waals surface area contributed by atoms with Crippen LogP contribution in [0.2, 0.25) is 0 Å². The van der Waals surface area contributed by atoms with E-state index >= 15 is 0 Å². The van der Waals surface area contributed by atoms with Crippen LogP contribution >= 0.6 is 0 Å². The molecule has 4 heterocycles. The Balaban J connectivity index is 1.48. The van der Waals surface area contributed by atoms with Gasteiger partial charge >= 0.3 is 5.97 Å². The predicted molar refractivity (Wildman–Crippen MR) is 154 cm³/mol. The molecule has 0 spiro atoms. The number of hydrogen-bond donors (Lipinski definition) is 1. The van der Waals surface area contributed by atoms with Crippen molar-refractivity contribution >= 4 is 28.4 Å². The molecule has 0 bridgehead atoms. The van der Waals surface area contributed by atoms with Gasteiger partial charge in [-0.05, 0) is 58.9 Å². The number of rotatable bonds is 6. The molecule has 0 radical (unpaired) electrons. The first-order valence-corrected chi connectivity index (χ1v) is 13.7. The molecule has 2 aliphatic heterocycles. The van der Waals surface area contributed by atoms with Crippen molar-refractivity contribution in [2.24, 2.45) is 5.41 Å². The Labute approximate surface area is 228 Å². The number of morpholine rings is 1. The average molecular weight is 526 g/mol. The van der Waals surface area contributed by atoms with Gasteiger partial charge in [0.25, 0.3) is 0 Å². The van der Waals surface area contributed by atoms with Crippen molar-refractivity contribution in [2.45, 2.75) is 33.6 Å². The largest absolute Gasteiger partial charge is 0.477 e. The highest BCUT2D eigenvalue weighted by atomic mass is 16.5. The number of pyridine rings is 1. The number of hydrogen-bond acceptors (Lipinski definition) is 6. The van der Waals surface area contributed by atoms with Crippen molar-refractivity contribution in [3.05, 3.63) is 66.0 Å². The Bertz CT molecular complexity index is 1530. The number of nitrogens with zero attached hydrogens (tertiary/aromatic N) is 5. The van der Waals surface area contributed by atoms with Gasteiger partial charge in [0.2, 0.25) is 0 Å². The molecule has 202 valence electrons. The van der Waals surface area contributed by atoms with Gasteiger partial charge in [0.15, 0.2) is 11.3 Å². The Kier molecular flexibility index (Phi) is 6.30. The molecule has 2 aromatic carbocycles. The molecule has 1 N–H and O–H groups in total. The Morgan fingerprint density at radius 2 is 1.64 bits per heavy atom. The smallest absolute Gasteiger partial charge is 0.354 e. The SMILES string of the molecule is CC(C)c1nn(-c2cccc(N3CC(C)(C)C3)c2)c2nc(C(=O)O)cc(-c3ccc(N4CCOCC4)cc3)c12. The summed E-state index contributed by atoms with van der Waals surface area (Å²) in [5.41, 5.74) is 6.70. The summed E-state index contributed by atoms with van der Waals surface area (Å²) in [7, 11) is 0. The number of fused-ring (bicyclic) bond motifs is 1. The molecular formula is C31H35N5O3. The zero-order valence-corrected chi connectivity index (χ0v) is 23.0. The van der Waals surface area contributed by atoms with E-state index in [1.54, 1.807) is 6.07 Å². The van der Waals surface area contributed by atoms with E-state index in [4.69, 9.17) is 9.84 Å². The highest BCUT2D eigenvalue weighted by Gasteiger charge is 2.34. The molecule has 8 heteroatoms.